The van der Waals surface area contributed by atoms with Gasteiger partial charge in [0.25, 0.3) is 0 Å². The first-order chi connectivity index (χ1) is 12.3. The Balaban J connectivity index is 1.61. The Morgan fingerprint density at radius 2 is 2.04 bits per heavy atom. The third kappa shape index (κ3) is 3.37. The number of oxime groups is 1. The molecule has 1 aliphatic heterocycles. The fourth-order valence-corrected chi connectivity index (χ4v) is 2.91. The van der Waals surface area contributed by atoms with Crippen molar-refractivity contribution in [2.75, 3.05) is 6.61 Å². The Morgan fingerprint density at radius 1 is 1.20 bits per heavy atom. The van der Waals surface area contributed by atoms with Gasteiger partial charge in [-0.25, -0.2) is 4.98 Å². The molecule has 126 valence electrons. The van der Waals surface area contributed by atoms with E-state index in [9.17, 15) is 0 Å². The van der Waals surface area contributed by atoms with Crippen molar-refractivity contribution >= 4 is 17.3 Å². The number of imidazole rings is 1. The lowest BCUT2D eigenvalue weighted by Gasteiger charge is -2.27. The van der Waals surface area contributed by atoms with Crippen LogP contribution in [-0.4, -0.2) is 21.9 Å². The van der Waals surface area contributed by atoms with Gasteiger partial charge in [-0.15, -0.1) is 0 Å². The monoisotopic (exact) mass is 353 g/mol. The van der Waals surface area contributed by atoms with Crippen molar-refractivity contribution in [3.8, 4) is 5.75 Å². The summed E-state index contributed by atoms with van der Waals surface area (Å²) in [6.07, 6.45) is 5.40. The van der Waals surface area contributed by atoms with Crippen LogP contribution in [0.5, 0.6) is 5.75 Å². The molecule has 0 N–H and O–H groups in total. The highest BCUT2D eigenvalue weighted by molar-refractivity contribution is 6.30. The van der Waals surface area contributed by atoms with Gasteiger partial charge in [-0.05, 0) is 29.8 Å². The molecule has 0 radical (unpaired) electrons. The first-order valence-electron chi connectivity index (χ1n) is 7.95. The van der Waals surface area contributed by atoms with Crippen molar-refractivity contribution in [2.45, 2.75) is 12.6 Å². The van der Waals surface area contributed by atoms with Gasteiger partial charge in [0, 0.05) is 23.0 Å². The van der Waals surface area contributed by atoms with Gasteiger partial charge in [0.1, 0.15) is 30.7 Å². The molecule has 25 heavy (non-hydrogen) atoms. The van der Waals surface area contributed by atoms with Crippen molar-refractivity contribution in [3.05, 3.63) is 83.4 Å². The topological polar surface area (TPSA) is 48.6 Å². The van der Waals surface area contributed by atoms with Crippen molar-refractivity contribution in [1.29, 1.82) is 0 Å². The van der Waals surface area contributed by atoms with E-state index < -0.39 is 0 Å². The zero-order chi connectivity index (χ0) is 17.1. The molecule has 0 saturated heterocycles. The molecule has 5 nitrogen and oxygen atoms in total. The van der Waals surface area contributed by atoms with Crippen molar-refractivity contribution in [1.82, 2.24) is 9.55 Å². The third-order valence-electron chi connectivity index (χ3n) is 4.07. The van der Waals surface area contributed by atoms with Crippen LogP contribution in [0.3, 0.4) is 0 Å². The number of nitrogens with zero attached hydrogens (tertiary/aromatic N) is 3. The number of ether oxygens (including phenoxy) is 1. The first kappa shape index (κ1) is 15.7. The number of fused-ring (bicyclic) bond motifs is 1. The fourth-order valence-electron chi connectivity index (χ4n) is 2.78. The molecule has 0 bridgehead atoms. The SMILES string of the molecule is Clc1ccc(CO/N=C2/c3ccccc3OCC2n2ccnc2)cc1. The van der Waals surface area contributed by atoms with Crippen LogP contribution in [0.1, 0.15) is 17.2 Å². The minimum Gasteiger partial charge on any atom is -0.490 e. The van der Waals surface area contributed by atoms with E-state index in [-0.39, 0.29) is 6.04 Å². The van der Waals surface area contributed by atoms with Crippen LogP contribution in [-0.2, 0) is 11.4 Å². The van der Waals surface area contributed by atoms with Gasteiger partial charge in [-0.1, -0.05) is 41.0 Å². The molecule has 1 aromatic heterocycles. The second-order valence-corrected chi connectivity index (χ2v) is 6.15. The van der Waals surface area contributed by atoms with Gasteiger partial charge < -0.3 is 14.1 Å². The van der Waals surface area contributed by atoms with Gasteiger partial charge >= 0.3 is 0 Å². The molecular formula is C19H16ClN3O2. The van der Waals surface area contributed by atoms with E-state index in [0.717, 1.165) is 22.6 Å². The zero-order valence-corrected chi connectivity index (χ0v) is 14.1. The summed E-state index contributed by atoms with van der Waals surface area (Å²) in [5, 5.41) is 5.14. The Kier molecular flexibility index (Phi) is 4.39. The number of aromatic nitrogens is 2. The summed E-state index contributed by atoms with van der Waals surface area (Å²) in [6.45, 7) is 0.858. The molecule has 6 heteroatoms. The predicted molar refractivity (Wildman–Crippen MR) is 96.0 cm³/mol. The number of rotatable bonds is 4. The Hall–Kier alpha value is -2.79. The number of hydrogen-bond donors (Lipinski definition) is 0. The molecule has 0 amide bonds. The highest BCUT2D eigenvalue weighted by Crippen LogP contribution is 2.30. The highest BCUT2D eigenvalue weighted by Gasteiger charge is 2.28. The first-order valence-corrected chi connectivity index (χ1v) is 8.33. The number of benzene rings is 2. The van der Waals surface area contributed by atoms with Gasteiger partial charge in [0.15, 0.2) is 0 Å². The number of halogens is 1. The molecule has 1 unspecified atom stereocenters. The van der Waals surface area contributed by atoms with Gasteiger partial charge in [0.2, 0.25) is 0 Å². The van der Waals surface area contributed by atoms with E-state index in [1.807, 2.05) is 59.3 Å². The molecule has 0 spiro atoms. The molecule has 2 heterocycles. The minimum atomic E-state index is -0.0809. The summed E-state index contributed by atoms with van der Waals surface area (Å²) in [7, 11) is 0. The minimum absolute atomic E-state index is 0.0809. The molecule has 0 aliphatic carbocycles. The summed E-state index contributed by atoms with van der Waals surface area (Å²) in [4.78, 5) is 9.76. The Morgan fingerprint density at radius 3 is 2.84 bits per heavy atom. The molecule has 0 fully saturated rings. The average Bonchev–Trinajstić information content (AvgIpc) is 3.18. The lowest BCUT2D eigenvalue weighted by molar-refractivity contribution is 0.127. The molecule has 1 aliphatic rings. The lowest BCUT2D eigenvalue weighted by atomic mass is 10.00. The normalized spacial score (nSPS) is 17.8. The second-order valence-electron chi connectivity index (χ2n) is 5.71. The molecule has 0 saturated carbocycles. The second kappa shape index (κ2) is 6.99. The summed E-state index contributed by atoms with van der Waals surface area (Å²) in [5.41, 5.74) is 2.77. The zero-order valence-electron chi connectivity index (χ0n) is 13.4. The van der Waals surface area contributed by atoms with Crippen molar-refractivity contribution < 1.29 is 9.57 Å². The lowest BCUT2D eigenvalue weighted by Crippen LogP contribution is -2.30. The summed E-state index contributed by atoms with van der Waals surface area (Å²) >= 11 is 5.91. The van der Waals surface area contributed by atoms with Crippen LogP contribution in [0.2, 0.25) is 5.02 Å². The maximum absolute atomic E-state index is 5.91. The maximum Gasteiger partial charge on any atom is 0.142 e. The van der Waals surface area contributed by atoms with Gasteiger partial charge in [-0.3, -0.25) is 0 Å². The van der Waals surface area contributed by atoms with Crippen LogP contribution < -0.4 is 4.74 Å². The van der Waals surface area contributed by atoms with E-state index in [1.54, 1.807) is 12.5 Å². The van der Waals surface area contributed by atoms with Crippen LogP contribution in [0, 0.1) is 0 Å². The average molecular weight is 354 g/mol. The standard InChI is InChI=1S/C19H16ClN3O2/c20-15-7-5-14(6-8-15)11-25-22-19-16-3-1-2-4-18(16)24-12-17(19)23-10-9-21-13-23/h1-10,13,17H,11-12H2/b22-19-. The molecule has 3 aromatic rings. The third-order valence-corrected chi connectivity index (χ3v) is 4.32. The number of para-hydroxylation sites is 1. The Labute approximate surface area is 150 Å². The molecular weight excluding hydrogens is 338 g/mol. The summed E-state index contributed by atoms with van der Waals surface area (Å²) in [6, 6.07) is 15.3. The van der Waals surface area contributed by atoms with Gasteiger partial charge in [0.05, 0.1) is 6.33 Å². The van der Waals surface area contributed by atoms with Crippen LogP contribution in [0.25, 0.3) is 0 Å². The fraction of sp³-hybridized carbons (Fsp3) is 0.158. The van der Waals surface area contributed by atoms with Crippen LogP contribution >= 0.6 is 11.6 Å². The van der Waals surface area contributed by atoms with E-state index in [1.165, 1.54) is 0 Å². The van der Waals surface area contributed by atoms with Crippen molar-refractivity contribution in [2.24, 2.45) is 5.16 Å². The molecule has 4 rings (SSSR count). The molecule has 1 atom stereocenters. The maximum atomic E-state index is 5.91. The van der Waals surface area contributed by atoms with Crippen LogP contribution in [0.15, 0.2) is 72.4 Å². The Bertz CT molecular complexity index is 876. The molecule has 2 aromatic carbocycles. The quantitative estimate of drug-likeness (QED) is 0.664. The van der Waals surface area contributed by atoms with Gasteiger partial charge in [-0.2, -0.15) is 0 Å². The number of hydrogen-bond acceptors (Lipinski definition) is 4. The van der Waals surface area contributed by atoms with E-state index in [2.05, 4.69) is 10.1 Å². The smallest absolute Gasteiger partial charge is 0.142 e. The summed E-state index contributed by atoms with van der Waals surface area (Å²) < 4.78 is 7.84. The predicted octanol–water partition coefficient (Wildman–Crippen LogP) is 4.09. The summed E-state index contributed by atoms with van der Waals surface area (Å²) in [5.74, 6) is 0.813. The highest BCUT2D eigenvalue weighted by atomic mass is 35.5. The largest absolute Gasteiger partial charge is 0.490 e. The van der Waals surface area contributed by atoms with Crippen LogP contribution in [0.4, 0.5) is 0 Å². The van der Waals surface area contributed by atoms with E-state index >= 15 is 0 Å². The van der Waals surface area contributed by atoms with E-state index in [4.69, 9.17) is 21.2 Å². The van der Waals surface area contributed by atoms with E-state index in [0.29, 0.717) is 18.2 Å². The van der Waals surface area contributed by atoms with Crippen molar-refractivity contribution in [3.63, 3.8) is 0 Å².